The summed E-state index contributed by atoms with van der Waals surface area (Å²) in [5.74, 6) is 4.54. The van der Waals surface area contributed by atoms with E-state index in [0.29, 0.717) is 5.41 Å². The first-order valence-corrected chi connectivity index (χ1v) is 11.1. The van der Waals surface area contributed by atoms with Crippen LogP contribution in [0.3, 0.4) is 0 Å². The maximum absolute atomic E-state index is 10.5. The molecular weight excluding hydrogens is 304 g/mol. The molecule has 1 nitrogen and oxygen atoms in total. The van der Waals surface area contributed by atoms with Crippen LogP contribution in [0, 0.1) is 35.0 Å². The fraction of sp³-hybridized carbons (Fsp3) is 0.833. The van der Waals surface area contributed by atoms with Crippen molar-refractivity contribution in [3.8, 4) is 0 Å². The van der Waals surface area contributed by atoms with Gasteiger partial charge in [0.1, 0.15) is 0 Å². The van der Waals surface area contributed by atoms with Gasteiger partial charge >= 0.3 is 0 Å². The highest BCUT2D eigenvalue weighted by atomic mass is 16.3. The molecule has 0 aromatic rings. The molecule has 0 radical (unpaired) electrons. The highest BCUT2D eigenvalue weighted by molar-refractivity contribution is 5.42. The van der Waals surface area contributed by atoms with Crippen LogP contribution >= 0.6 is 0 Å². The van der Waals surface area contributed by atoms with Crippen molar-refractivity contribution < 1.29 is 5.11 Å². The molecule has 138 valence electrons. The Balaban J connectivity index is 1.38. The Morgan fingerprint density at radius 3 is 2.60 bits per heavy atom. The van der Waals surface area contributed by atoms with Gasteiger partial charge in [-0.2, -0.15) is 0 Å². The summed E-state index contributed by atoms with van der Waals surface area (Å²) in [7, 11) is 0. The molecule has 0 heterocycles. The third-order valence-corrected chi connectivity index (χ3v) is 9.20. The van der Waals surface area contributed by atoms with Crippen molar-refractivity contribution in [3.63, 3.8) is 0 Å². The summed E-state index contributed by atoms with van der Waals surface area (Å²) in [6.45, 7) is 4.69. The fourth-order valence-electron chi connectivity index (χ4n) is 8.06. The first-order valence-electron chi connectivity index (χ1n) is 11.1. The molecule has 0 aromatic carbocycles. The lowest BCUT2D eigenvalue weighted by Gasteiger charge is -2.56. The van der Waals surface area contributed by atoms with E-state index in [9.17, 15) is 5.11 Å². The van der Waals surface area contributed by atoms with E-state index in [1.54, 1.807) is 11.1 Å². The molecule has 25 heavy (non-hydrogen) atoms. The monoisotopic (exact) mass is 340 g/mol. The Hall–Kier alpha value is -0.560. The first-order chi connectivity index (χ1) is 12.0. The Bertz CT molecular complexity index is 612. The van der Waals surface area contributed by atoms with Gasteiger partial charge in [0, 0.05) is 0 Å². The summed E-state index contributed by atoms with van der Waals surface area (Å²) in [6.07, 6.45) is 19.6. The normalized spacial score (nSPS) is 52.0. The van der Waals surface area contributed by atoms with Gasteiger partial charge in [-0.05, 0) is 124 Å². The molecule has 0 saturated heterocycles. The smallest absolute Gasteiger partial charge is 0.0622 e. The first kappa shape index (κ1) is 16.6. The maximum atomic E-state index is 10.5. The molecule has 5 rings (SSSR count). The van der Waals surface area contributed by atoms with Crippen LogP contribution in [0.15, 0.2) is 23.3 Å². The standard InChI is InChI=1S/C24H36O/c1-23(25)13-11-18-17(15-23)7-8-20-19(18)12-14-24(2)21(9-10-22(20)24)16-5-3-4-6-16/h5,9,17-20,22,25H,3-4,6-8,10-15H2,1-2H3/t17-,18+,19-,20-,22+,23-,24-/m1/s1. The third kappa shape index (κ3) is 2.52. The van der Waals surface area contributed by atoms with Gasteiger partial charge in [0.2, 0.25) is 0 Å². The van der Waals surface area contributed by atoms with E-state index >= 15 is 0 Å². The van der Waals surface area contributed by atoms with Crippen LogP contribution in [-0.4, -0.2) is 10.7 Å². The summed E-state index contributed by atoms with van der Waals surface area (Å²) >= 11 is 0. The van der Waals surface area contributed by atoms with Gasteiger partial charge in [-0.25, -0.2) is 0 Å². The summed E-state index contributed by atoms with van der Waals surface area (Å²) in [4.78, 5) is 0. The van der Waals surface area contributed by atoms with Gasteiger partial charge in [0.05, 0.1) is 5.60 Å². The molecule has 0 aliphatic heterocycles. The third-order valence-electron chi connectivity index (χ3n) is 9.20. The van der Waals surface area contributed by atoms with Crippen molar-refractivity contribution in [2.45, 2.75) is 90.1 Å². The van der Waals surface area contributed by atoms with Crippen LogP contribution < -0.4 is 0 Å². The molecule has 5 aliphatic rings. The lowest BCUT2D eigenvalue weighted by atomic mass is 9.49. The summed E-state index contributed by atoms with van der Waals surface area (Å²) in [5, 5.41) is 10.5. The van der Waals surface area contributed by atoms with Gasteiger partial charge in [0.25, 0.3) is 0 Å². The highest BCUT2D eigenvalue weighted by Crippen LogP contribution is 2.64. The summed E-state index contributed by atoms with van der Waals surface area (Å²) in [6, 6.07) is 0. The zero-order valence-corrected chi connectivity index (χ0v) is 16.3. The number of fused-ring (bicyclic) bond motifs is 5. The zero-order chi connectivity index (χ0) is 17.2. The minimum Gasteiger partial charge on any atom is -0.390 e. The Morgan fingerprint density at radius 2 is 1.80 bits per heavy atom. The fourth-order valence-corrected chi connectivity index (χ4v) is 8.06. The van der Waals surface area contributed by atoms with Crippen molar-refractivity contribution >= 4 is 0 Å². The quantitative estimate of drug-likeness (QED) is 0.617. The largest absolute Gasteiger partial charge is 0.390 e. The highest BCUT2D eigenvalue weighted by Gasteiger charge is 2.55. The van der Waals surface area contributed by atoms with E-state index in [0.717, 1.165) is 42.4 Å². The number of hydrogen-bond donors (Lipinski definition) is 1. The zero-order valence-electron chi connectivity index (χ0n) is 16.3. The SMILES string of the molecule is C[C@@]1(O)CC[C@H]2[C@H](CC[C@@H]3[C@@H]2CC[C@]2(C)C(C4=CCCC4)=CC[C@@H]32)C1. The van der Waals surface area contributed by atoms with Crippen LogP contribution in [-0.2, 0) is 0 Å². The molecule has 1 N–H and O–H groups in total. The van der Waals surface area contributed by atoms with Gasteiger partial charge in [-0.15, -0.1) is 0 Å². The van der Waals surface area contributed by atoms with Crippen molar-refractivity contribution in [3.05, 3.63) is 23.3 Å². The molecule has 0 unspecified atom stereocenters. The molecule has 5 aliphatic carbocycles. The number of aliphatic hydroxyl groups is 1. The van der Waals surface area contributed by atoms with Gasteiger partial charge in [-0.1, -0.05) is 19.1 Å². The molecule has 0 aromatic heterocycles. The van der Waals surface area contributed by atoms with Crippen LogP contribution in [0.5, 0.6) is 0 Å². The molecule has 7 atom stereocenters. The van der Waals surface area contributed by atoms with Crippen LogP contribution in [0.25, 0.3) is 0 Å². The van der Waals surface area contributed by atoms with Crippen molar-refractivity contribution in [1.82, 2.24) is 0 Å². The topological polar surface area (TPSA) is 20.2 Å². The van der Waals surface area contributed by atoms with Gasteiger partial charge in [-0.3, -0.25) is 0 Å². The molecular formula is C24H36O. The Morgan fingerprint density at radius 1 is 0.960 bits per heavy atom. The minimum absolute atomic E-state index is 0.381. The average Bonchev–Trinajstić information content (AvgIpc) is 3.20. The lowest BCUT2D eigenvalue weighted by molar-refractivity contribution is -0.0907. The minimum atomic E-state index is -0.381. The Labute approximate surface area is 154 Å². The molecule has 3 saturated carbocycles. The second kappa shape index (κ2) is 5.72. The van der Waals surface area contributed by atoms with E-state index in [4.69, 9.17) is 0 Å². The number of rotatable bonds is 1. The average molecular weight is 341 g/mol. The molecule has 0 amide bonds. The summed E-state index contributed by atoms with van der Waals surface area (Å²) < 4.78 is 0. The van der Waals surface area contributed by atoms with E-state index < -0.39 is 0 Å². The van der Waals surface area contributed by atoms with E-state index in [1.165, 1.54) is 57.8 Å². The van der Waals surface area contributed by atoms with Crippen LogP contribution in [0.4, 0.5) is 0 Å². The van der Waals surface area contributed by atoms with Gasteiger partial charge < -0.3 is 5.11 Å². The molecule has 3 fully saturated rings. The maximum Gasteiger partial charge on any atom is 0.0622 e. The number of allylic oxidation sites excluding steroid dienone is 4. The molecule has 0 spiro atoms. The van der Waals surface area contributed by atoms with Crippen LogP contribution in [0.1, 0.15) is 84.5 Å². The van der Waals surface area contributed by atoms with Gasteiger partial charge in [0.15, 0.2) is 0 Å². The Kier molecular flexibility index (Phi) is 3.80. The van der Waals surface area contributed by atoms with Crippen molar-refractivity contribution in [1.29, 1.82) is 0 Å². The number of hydrogen-bond acceptors (Lipinski definition) is 1. The van der Waals surface area contributed by atoms with E-state index in [1.807, 2.05) is 0 Å². The summed E-state index contributed by atoms with van der Waals surface area (Å²) in [5.41, 5.74) is 3.58. The lowest BCUT2D eigenvalue weighted by Crippen LogP contribution is -2.50. The molecule has 1 heteroatoms. The van der Waals surface area contributed by atoms with Crippen molar-refractivity contribution in [2.75, 3.05) is 0 Å². The predicted octanol–water partition coefficient (Wildman–Crippen LogP) is 6.04. The second-order valence-electron chi connectivity index (χ2n) is 10.6. The van der Waals surface area contributed by atoms with E-state index in [-0.39, 0.29) is 5.60 Å². The van der Waals surface area contributed by atoms with E-state index in [2.05, 4.69) is 26.0 Å². The van der Waals surface area contributed by atoms with Crippen LogP contribution in [0.2, 0.25) is 0 Å². The second-order valence-corrected chi connectivity index (χ2v) is 10.6. The van der Waals surface area contributed by atoms with Crippen molar-refractivity contribution in [2.24, 2.45) is 35.0 Å². The predicted molar refractivity (Wildman–Crippen MR) is 103 cm³/mol. The molecule has 0 bridgehead atoms.